The van der Waals surface area contributed by atoms with Gasteiger partial charge in [-0.25, -0.2) is 0 Å². The van der Waals surface area contributed by atoms with E-state index in [-0.39, 0.29) is 0 Å². The maximum Gasteiger partial charge on any atom is 0.176 e. The van der Waals surface area contributed by atoms with Crippen LogP contribution in [0.1, 0.15) is 5.56 Å². The minimum absolute atomic E-state index is 0.748. The molecule has 0 saturated carbocycles. The van der Waals surface area contributed by atoms with Crippen LogP contribution in [0.2, 0.25) is 0 Å². The molecule has 0 aliphatic carbocycles. The summed E-state index contributed by atoms with van der Waals surface area (Å²) in [5.41, 5.74) is 4.18. The highest BCUT2D eigenvalue weighted by Gasteiger charge is 2.21. The van der Waals surface area contributed by atoms with Crippen molar-refractivity contribution in [3.63, 3.8) is 0 Å². The van der Waals surface area contributed by atoms with Crippen LogP contribution in [0.4, 0.5) is 5.69 Å². The molecule has 2 aromatic carbocycles. The van der Waals surface area contributed by atoms with Gasteiger partial charge in [0.05, 0.1) is 21.3 Å². The van der Waals surface area contributed by atoms with Crippen LogP contribution in [0.3, 0.4) is 0 Å². The number of rotatable bonds is 7. The van der Waals surface area contributed by atoms with Gasteiger partial charge in [0, 0.05) is 67.8 Å². The average molecular weight is 460 g/mol. The number of methoxy groups -OCH3 is 3. The number of fused-ring (bicyclic) bond motifs is 1. The molecule has 0 atom stereocenters. The number of hydrogen-bond donors (Lipinski definition) is 0. The molecular weight excluding hydrogens is 430 g/mol. The van der Waals surface area contributed by atoms with Crippen molar-refractivity contribution in [2.45, 2.75) is 6.54 Å². The lowest BCUT2D eigenvalue weighted by Gasteiger charge is -2.36. The summed E-state index contributed by atoms with van der Waals surface area (Å²) in [6, 6.07) is 16.3. The van der Waals surface area contributed by atoms with Crippen molar-refractivity contribution in [2.24, 2.45) is 0 Å². The van der Waals surface area contributed by atoms with E-state index in [1.54, 1.807) is 33.7 Å². The monoisotopic (exact) mass is 459 g/mol. The lowest BCUT2D eigenvalue weighted by Crippen LogP contribution is -2.46. The first kappa shape index (κ1) is 22.1. The Morgan fingerprint density at radius 3 is 2.21 bits per heavy atom. The number of furan rings is 1. The summed E-state index contributed by atoms with van der Waals surface area (Å²) in [7, 11) is 5.01. The summed E-state index contributed by atoms with van der Waals surface area (Å²) in [5, 5.41) is 1.09. The zero-order chi connectivity index (χ0) is 23.5. The maximum absolute atomic E-state index is 6.22. The van der Waals surface area contributed by atoms with Crippen molar-refractivity contribution in [3.8, 4) is 28.6 Å². The van der Waals surface area contributed by atoms with Crippen LogP contribution in [-0.2, 0) is 6.54 Å². The fraction of sp³-hybridized carbons (Fsp3) is 0.296. The highest BCUT2D eigenvalue weighted by molar-refractivity contribution is 5.90. The highest BCUT2D eigenvalue weighted by atomic mass is 16.5. The summed E-state index contributed by atoms with van der Waals surface area (Å²) in [6.07, 6.45) is 3.55. The van der Waals surface area contributed by atoms with E-state index < -0.39 is 0 Å². The molecule has 0 amide bonds. The van der Waals surface area contributed by atoms with Gasteiger partial charge >= 0.3 is 0 Å². The Labute approximate surface area is 199 Å². The van der Waals surface area contributed by atoms with E-state index in [0.717, 1.165) is 78.0 Å². The van der Waals surface area contributed by atoms with Gasteiger partial charge in [0.2, 0.25) is 0 Å². The standard InChI is InChI=1S/C27H29N3O4/c1-31-23-7-5-21(16-26(23)33-3)30-14-12-29(13-15-30)18-20-4-6-24(32-2)27-22(20)17-25(34-27)19-8-10-28-11-9-19/h4-11,16-17H,12-15,18H2,1-3H3. The molecule has 0 radical (unpaired) electrons. The van der Waals surface area contributed by atoms with Crippen LogP contribution in [0.25, 0.3) is 22.3 Å². The van der Waals surface area contributed by atoms with Crippen LogP contribution in [0.15, 0.2) is 65.3 Å². The fourth-order valence-corrected chi connectivity index (χ4v) is 4.54. The van der Waals surface area contributed by atoms with E-state index in [1.807, 2.05) is 30.3 Å². The van der Waals surface area contributed by atoms with Crippen LogP contribution in [0, 0.1) is 0 Å². The van der Waals surface area contributed by atoms with Crippen LogP contribution < -0.4 is 19.1 Å². The molecule has 0 spiro atoms. The van der Waals surface area contributed by atoms with Gasteiger partial charge in [0.1, 0.15) is 5.76 Å². The molecule has 34 heavy (non-hydrogen) atoms. The Morgan fingerprint density at radius 2 is 1.50 bits per heavy atom. The van der Waals surface area contributed by atoms with Crippen LogP contribution in [0.5, 0.6) is 17.2 Å². The normalized spacial score (nSPS) is 14.4. The summed E-state index contributed by atoms with van der Waals surface area (Å²) in [4.78, 5) is 8.98. The second kappa shape index (κ2) is 9.65. The third-order valence-corrected chi connectivity index (χ3v) is 6.42. The first-order chi connectivity index (χ1) is 16.7. The second-order valence-corrected chi connectivity index (χ2v) is 8.32. The number of piperazine rings is 1. The van der Waals surface area contributed by atoms with E-state index in [1.165, 1.54) is 5.56 Å². The number of ether oxygens (including phenoxy) is 3. The zero-order valence-electron chi connectivity index (χ0n) is 19.8. The van der Waals surface area contributed by atoms with Gasteiger partial charge in [-0.1, -0.05) is 6.07 Å². The molecule has 5 rings (SSSR count). The minimum atomic E-state index is 0.748. The molecule has 176 valence electrons. The smallest absolute Gasteiger partial charge is 0.176 e. The summed E-state index contributed by atoms with van der Waals surface area (Å²) in [6.45, 7) is 4.69. The Bertz CT molecular complexity index is 1260. The predicted molar refractivity (Wildman–Crippen MR) is 133 cm³/mol. The molecule has 2 aromatic heterocycles. The van der Waals surface area contributed by atoms with E-state index >= 15 is 0 Å². The Kier molecular flexibility index (Phi) is 6.27. The van der Waals surface area contributed by atoms with Crippen molar-refractivity contribution in [1.82, 2.24) is 9.88 Å². The summed E-state index contributed by atoms with van der Waals surface area (Å²) < 4.78 is 22.6. The number of hydrogen-bond acceptors (Lipinski definition) is 7. The van der Waals surface area contributed by atoms with Crippen LogP contribution >= 0.6 is 0 Å². The van der Waals surface area contributed by atoms with E-state index in [0.29, 0.717) is 0 Å². The van der Waals surface area contributed by atoms with Crippen molar-refractivity contribution in [2.75, 3.05) is 52.4 Å². The van der Waals surface area contributed by atoms with E-state index in [2.05, 4.69) is 33.0 Å². The van der Waals surface area contributed by atoms with Gasteiger partial charge in [-0.15, -0.1) is 0 Å². The van der Waals surface area contributed by atoms with Gasteiger partial charge in [-0.05, 0) is 42.0 Å². The molecule has 0 unspecified atom stereocenters. The van der Waals surface area contributed by atoms with Gasteiger partial charge in [-0.3, -0.25) is 9.88 Å². The number of pyridine rings is 1. The Hall–Kier alpha value is -3.71. The van der Waals surface area contributed by atoms with E-state index in [9.17, 15) is 0 Å². The van der Waals surface area contributed by atoms with E-state index in [4.69, 9.17) is 18.6 Å². The van der Waals surface area contributed by atoms with Gasteiger partial charge in [-0.2, -0.15) is 0 Å². The maximum atomic E-state index is 6.22. The molecule has 3 heterocycles. The molecule has 1 aliphatic rings. The molecule has 0 N–H and O–H groups in total. The summed E-state index contributed by atoms with van der Waals surface area (Å²) in [5.74, 6) is 3.08. The molecule has 0 bridgehead atoms. The average Bonchev–Trinajstić information content (AvgIpc) is 3.35. The molecule has 1 fully saturated rings. The van der Waals surface area contributed by atoms with Gasteiger partial charge < -0.3 is 23.5 Å². The van der Waals surface area contributed by atoms with Crippen molar-refractivity contribution in [1.29, 1.82) is 0 Å². The first-order valence-electron chi connectivity index (χ1n) is 11.4. The topological polar surface area (TPSA) is 60.2 Å². The quantitative estimate of drug-likeness (QED) is 0.392. The zero-order valence-corrected chi connectivity index (χ0v) is 19.8. The number of nitrogens with zero attached hydrogens (tertiary/aromatic N) is 3. The molecule has 7 heteroatoms. The fourth-order valence-electron chi connectivity index (χ4n) is 4.54. The number of anilines is 1. The molecule has 4 aromatic rings. The molecule has 1 saturated heterocycles. The van der Waals surface area contributed by atoms with Crippen molar-refractivity contribution < 1.29 is 18.6 Å². The summed E-state index contributed by atoms with van der Waals surface area (Å²) >= 11 is 0. The molecule has 7 nitrogen and oxygen atoms in total. The van der Waals surface area contributed by atoms with Crippen molar-refractivity contribution in [3.05, 3.63) is 66.5 Å². The molecule has 1 aliphatic heterocycles. The Morgan fingerprint density at radius 1 is 0.794 bits per heavy atom. The first-order valence-corrected chi connectivity index (χ1v) is 11.4. The Balaban J connectivity index is 1.33. The molecular formula is C27H29N3O4. The number of benzene rings is 2. The highest BCUT2D eigenvalue weighted by Crippen LogP contribution is 2.36. The minimum Gasteiger partial charge on any atom is -0.493 e. The largest absolute Gasteiger partial charge is 0.493 e. The van der Waals surface area contributed by atoms with Crippen molar-refractivity contribution >= 4 is 16.7 Å². The SMILES string of the molecule is COc1ccc(N2CCN(Cc3ccc(OC)c4oc(-c5ccncc5)cc34)CC2)cc1OC. The van der Waals surface area contributed by atoms with Crippen LogP contribution in [-0.4, -0.2) is 57.4 Å². The lowest BCUT2D eigenvalue weighted by atomic mass is 10.1. The lowest BCUT2D eigenvalue weighted by molar-refractivity contribution is 0.250. The number of aromatic nitrogens is 1. The van der Waals surface area contributed by atoms with Gasteiger partial charge in [0.15, 0.2) is 22.8 Å². The third kappa shape index (κ3) is 4.26. The predicted octanol–water partition coefficient (Wildman–Crippen LogP) is 4.84. The second-order valence-electron chi connectivity index (χ2n) is 8.32. The van der Waals surface area contributed by atoms with Gasteiger partial charge in [0.25, 0.3) is 0 Å². The third-order valence-electron chi connectivity index (χ3n) is 6.42.